The highest BCUT2D eigenvalue weighted by Crippen LogP contribution is 2.49. The van der Waals surface area contributed by atoms with E-state index in [4.69, 9.17) is 11.6 Å². The van der Waals surface area contributed by atoms with Crippen molar-refractivity contribution in [3.8, 4) is 0 Å². The van der Waals surface area contributed by atoms with Crippen molar-refractivity contribution in [2.24, 2.45) is 17.8 Å². The van der Waals surface area contributed by atoms with Gasteiger partial charge in [-0.1, -0.05) is 11.6 Å². The Hall–Kier alpha value is -1.36. The molecule has 2 fully saturated rings. The minimum Gasteiger partial charge on any atom is -0.370 e. The third-order valence-corrected chi connectivity index (χ3v) is 4.39. The van der Waals surface area contributed by atoms with Crippen LogP contribution in [-0.4, -0.2) is 26.1 Å². The van der Waals surface area contributed by atoms with Crippen molar-refractivity contribution >= 4 is 23.2 Å². The number of fused-ring (bicyclic) bond motifs is 1. The fraction of sp³-hybridized carbons (Fsp3) is 0.615. The molecular formula is C13H16ClN5. The Bertz CT molecular complexity index is 590. The first-order valence-electron chi connectivity index (χ1n) is 6.91. The van der Waals surface area contributed by atoms with Gasteiger partial charge in [0.25, 0.3) is 5.78 Å². The standard InChI is InChI=1S/C13H16ClN5/c14-11-5-12(19-13(18-11)16-7-17-19)15-6-10(8-1-2-8)9-3-4-9/h5,7-10,15H,1-4,6H2. The highest BCUT2D eigenvalue weighted by molar-refractivity contribution is 6.29. The van der Waals surface area contributed by atoms with E-state index in [-0.39, 0.29) is 0 Å². The molecule has 0 unspecified atom stereocenters. The van der Waals surface area contributed by atoms with E-state index in [9.17, 15) is 0 Å². The molecule has 0 spiro atoms. The zero-order valence-corrected chi connectivity index (χ0v) is 11.3. The molecule has 5 nitrogen and oxygen atoms in total. The third kappa shape index (κ3) is 2.27. The van der Waals surface area contributed by atoms with Crippen molar-refractivity contribution in [1.29, 1.82) is 0 Å². The molecule has 0 bridgehead atoms. The average Bonchev–Trinajstić information content (AvgIpc) is 3.30. The molecule has 2 aliphatic rings. The number of hydrogen-bond donors (Lipinski definition) is 1. The minimum absolute atomic E-state index is 0.456. The van der Waals surface area contributed by atoms with Crippen LogP contribution < -0.4 is 5.32 Å². The van der Waals surface area contributed by atoms with Gasteiger partial charge in [0.05, 0.1) is 0 Å². The lowest BCUT2D eigenvalue weighted by atomic mass is 9.98. The van der Waals surface area contributed by atoms with E-state index in [0.717, 1.165) is 30.1 Å². The Labute approximate surface area is 116 Å². The molecule has 0 amide bonds. The molecule has 100 valence electrons. The summed E-state index contributed by atoms with van der Waals surface area (Å²) in [5.74, 6) is 4.11. The minimum atomic E-state index is 0.456. The van der Waals surface area contributed by atoms with Gasteiger partial charge in [-0.05, 0) is 43.4 Å². The van der Waals surface area contributed by atoms with E-state index >= 15 is 0 Å². The summed E-state index contributed by atoms with van der Waals surface area (Å²) in [4.78, 5) is 8.21. The molecule has 2 heterocycles. The molecule has 19 heavy (non-hydrogen) atoms. The number of nitrogens with zero attached hydrogens (tertiary/aromatic N) is 4. The van der Waals surface area contributed by atoms with Gasteiger partial charge in [-0.15, -0.1) is 0 Å². The second kappa shape index (κ2) is 4.34. The largest absolute Gasteiger partial charge is 0.370 e. The Balaban J connectivity index is 1.55. The van der Waals surface area contributed by atoms with Gasteiger partial charge in [0.15, 0.2) is 0 Å². The van der Waals surface area contributed by atoms with Crippen LogP contribution in [0.15, 0.2) is 12.4 Å². The summed E-state index contributed by atoms with van der Waals surface area (Å²) >= 11 is 6.01. The topological polar surface area (TPSA) is 55.1 Å². The van der Waals surface area contributed by atoms with Crippen LogP contribution in [0.4, 0.5) is 5.82 Å². The first-order valence-corrected chi connectivity index (χ1v) is 7.29. The van der Waals surface area contributed by atoms with Crippen LogP contribution >= 0.6 is 11.6 Å². The quantitative estimate of drug-likeness (QED) is 0.854. The monoisotopic (exact) mass is 277 g/mol. The lowest BCUT2D eigenvalue weighted by Gasteiger charge is -2.17. The summed E-state index contributed by atoms with van der Waals surface area (Å²) in [5.41, 5.74) is 0. The first-order chi connectivity index (χ1) is 9.31. The maximum atomic E-state index is 6.01. The smallest absolute Gasteiger partial charge is 0.255 e. The summed E-state index contributed by atoms with van der Waals surface area (Å²) in [6, 6.07) is 1.82. The molecule has 0 aliphatic heterocycles. The summed E-state index contributed by atoms with van der Waals surface area (Å²) in [5, 5.41) is 8.13. The molecule has 2 aromatic heterocycles. The number of anilines is 1. The number of nitrogens with one attached hydrogen (secondary N) is 1. The molecule has 0 aromatic carbocycles. The van der Waals surface area contributed by atoms with Crippen molar-refractivity contribution in [2.75, 3.05) is 11.9 Å². The highest BCUT2D eigenvalue weighted by Gasteiger charge is 2.41. The van der Waals surface area contributed by atoms with Gasteiger partial charge in [-0.3, -0.25) is 0 Å². The van der Waals surface area contributed by atoms with Gasteiger partial charge in [0.2, 0.25) is 0 Å². The molecule has 1 N–H and O–H groups in total. The third-order valence-electron chi connectivity index (χ3n) is 4.19. The fourth-order valence-electron chi connectivity index (χ4n) is 2.90. The van der Waals surface area contributed by atoms with Gasteiger partial charge in [-0.2, -0.15) is 19.6 Å². The van der Waals surface area contributed by atoms with Crippen molar-refractivity contribution in [3.05, 3.63) is 17.5 Å². The molecule has 2 aliphatic carbocycles. The van der Waals surface area contributed by atoms with Crippen LogP contribution in [0.1, 0.15) is 25.7 Å². The van der Waals surface area contributed by atoms with Crippen LogP contribution in [0.5, 0.6) is 0 Å². The summed E-state index contributed by atoms with van der Waals surface area (Å²) < 4.78 is 1.71. The summed E-state index contributed by atoms with van der Waals surface area (Å²) in [7, 11) is 0. The summed E-state index contributed by atoms with van der Waals surface area (Å²) in [6.45, 7) is 1.00. The normalized spacial score (nSPS) is 19.3. The summed E-state index contributed by atoms with van der Waals surface area (Å²) in [6.07, 6.45) is 7.11. The van der Waals surface area contributed by atoms with E-state index in [0.29, 0.717) is 10.9 Å². The van der Waals surface area contributed by atoms with Gasteiger partial charge in [0, 0.05) is 12.6 Å². The number of rotatable bonds is 5. The van der Waals surface area contributed by atoms with Crippen LogP contribution in [0, 0.1) is 17.8 Å². The van der Waals surface area contributed by atoms with Crippen molar-refractivity contribution < 1.29 is 0 Å². The van der Waals surface area contributed by atoms with Crippen LogP contribution in [0.2, 0.25) is 5.15 Å². The number of hydrogen-bond acceptors (Lipinski definition) is 4. The van der Waals surface area contributed by atoms with Gasteiger partial charge < -0.3 is 5.32 Å². The van der Waals surface area contributed by atoms with Gasteiger partial charge >= 0.3 is 0 Å². The van der Waals surface area contributed by atoms with E-state index in [1.165, 1.54) is 32.0 Å². The molecule has 6 heteroatoms. The Morgan fingerprint density at radius 3 is 2.74 bits per heavy atom. The van der Waals surface area contributed by atoms with Crippen molar-refractivity contribution in [3.63, 3.8) is 0 Å². The predicted molar refractivity (Wildman–Crippen MR) is 73.2 cm³/mol. The van der Waals surface area contributed by atoms with E-state index in [1.807, 2.05) is 6.07 Å². The first kappa shape index (κ1) is 11.5. The number of aromatic nitrogens is 4. The van der Waals surface area contributed by atoms with Crippen LogP contribution in [0.3, 0.4) is 0 Å². The second-order valence-electron chi connectivity index (χ2n) is 5.66. The Kier molecular flexibility index (Phi) is 2.62. The number of halogens is 1. The molecule has 0 radical (unpaired) electrons. The molecule has 4 rings (SSSR count). The Morgan fingerprint density at radius 1 is 1.32 bits per heavy atom. The van der Waals surface area contributed by atoms with E-state index in [1.54, 1.807) is 4.52 Å². The highest BCUT2D eigenvalue weighted by atomic mass is 35.5. The zero-order chi connectivity index (χ0) is 12.8. The molecule has 2 aromatic rings. The van der Waals surface area contributed by atoms with Crippen LogP contribution in [-0.2, 0) is 0 Å². The second-order valence-corrected chi connectivity index (χ2v) is 6.04. The maximum Gasteiger partial charge on any atom is 0.255 e. The molecule has 0 saturated heterocycles. The van der Waals surface area contributed by atoms with E-state index in [2.05, 4.69) is 20.4 Å². The predicted octanol–water partition coefficient (Wildman–Crippen LogP) is 2.63. The van der Waals surface area contributed by atoms with Crippen LogP contribution in [0.25, 0.3) is 5.78 Å². The Morgan fingerprint density at radius 2 is 2.05 bits per heavy atom. The molecule has 2 saturated carbocycles. The average molecular weight is 278 g/mol. The van der Waals surface area contributed by atoms with Crippen molar-refractivity contribution in [1.82, 2.24) is 19.6 Å². The molecular weight excluding hydrogens is 262 g/mol. The van der Waals surface area contributed by atoms with Gasteiger partial charge in [0.1, 0.15) is 17.3 Å². The van der Waals surface area contributed by atoms with E-state index < -0.39 is 0 Å². The lowest BCUT2D eigenvalue weighted by molar-refractivity contribution is 0.427. The fourth-order valence-corrected chi connectivity index (χ4v) is 3.08. The SMILES string of the molecule is Clc1cc(NCC(C2CC2)C2CC2)n2ncnc2n1. The van der Waals surface area contributed by atoms with Gasteiger partial charge in [-0.25, -0.2) is 0 Å². The molecule has 0 atom stereocenters. The lowest BCUT2D eigenvalue weighted by Crippen LogP contribution is -2.19. The maximum absolute atomic E-state index is 6.01. The zero-order valence-electron chi connectivity index (χ0n) is 10.6. The van der Waals surface area contributed by atoms with Crippen molar-refractivity contribution in [2.45, 2.75) is 25.7 Å².